The summed E-state index contributed by atoms with van der Waals surface area (Å²) < 4.78 is 13.7. The van der Waals surface area contributed by atoms with Gasteiger partial charge in [-0.3, -0.25) is 0 Å². The molecule has 2 rings (SSSR count). The van der Waals surface area contributed by atoms with Gasteiger partial charge in [0.25, 0.3) is 0 Å². The van der Waals surface area contributed by atoms with Crippen molar-refractivity contribution in [3.05, 3.63) is 29.1 Å². The fourth-order valence-electron chi connectivity index (χ4n) is 3.06. The van der Waals surface area contributed by atoms with Crippen molar-refractivity contribution in [1.29, 1.82) is 0 Å². The fraction of sp³-hybridized carbons (Fsp3) is 0.625. The van der Waals surface area contributed by atoms with Gasteiger partial charge in [0, 0.05) is 25.3 Å². The second-order valence-corrected chi connectivity index (χ2v) is 5.98. The maximum atomic E-state index is 13.7. The molecule has 2 nitrogen and oxygen atoms in total. The van der Waals surface area contributed by atoms with Crippen LogP contribution in [-0.2, 0) is 0 Å². The van der Waals surface area contributed by atoms with Gasteiger partial charge < -0.3 is 10.6 Å². The van der Waals surface area contributed by atoms with E-state index >= 15 is 0 Å². The van der Waals surface area contributed by atoms with Crippen LogP contribution in [0.5, 0.6) is 0 Å². The second-order valence-electron chi connectivity index (χ2n) is 5.98. The van der Waals surface area contributed by atoms with Crippen molar-refractivity contribution in [2.24, 2.45) is 11.7 Å². The minimum absolute atomic E-state index is 0.142. The normalized spacial score (nSPS) is 17.7. The van der Waals surface area contributed by atoms with Crippen LogP contribution >= 0.6 is 0 Å². The van der Waals surface area contributed by atoms with E-state index < -0.39 is 0 Å². The first-order chi connectivity index (χ1) is 8.99. The molecule has 0 bridgehead atoms. The Hall–Kier alpha value is -1.09. The molecule has 0 spiro atoms. The lowest BCUT2D eigenvalue weighted by atomic mass is 10.0. The Morgan fingerprint density at radius 2 is 2.00 bits per heavy atom. The van der Waals surface area contributed by atoms with Gasteiger partial charge in [-0.05, 0) is 55.9 Å². The minimum atomic E-state index is -0.162. The van der Waals surface area contributed by atoms with Crippen molar-refractivity contribution in [1.82, 2.24) is 0 Å². The van der Waals surface area contributed by atoms with Crippen LogP contribution < -0.4 is 10.6 Å². The lowest BCUT2D eigenvalue weighted by Gasteiger charge is -2.27. The molecule has 1 aromatic rings. The predicted molar refractivity (Wildman–Crippen MR) is 79.0 cm³/mol. The monoisotopic (exact) mass is 264 g/mol. The maximum Gasteiger partial charge on any atom is 0.126 e. The number of hydrogen-bond donors (Lipinski definition) is 1. The summed E-state index contributed by atoms with van der Waals surface area (Å²) in [5, 5.41) is 0. The Bertz CT molecular complexity index is 437. The molecule has 19 heavy (non-hydrogen) atoms. The number of nitrogens with two attached hydrogens (primary N) is 1. The summed E-state index contributed by atoms with van der Waals surface area (Å²) in [6.07, 6.45) is 5.33. The molecule has 3 heteroatoms. The van der Waals surface area contributed by atoms with Crippen LogP contribution in [0.2, 0.25) is 0 Å². The highest BCUT2D eigenvalue weighted by Crippen LogP contribution is 2.31. The van der Waals surface area contributed by atoms with E-state index in [4.69, 9.17) is 5.73 Å². The van der Waals surface area contributed by atoms with Crippen LogP contribution in [0.1, 0.15) is 49.8 Å². The van der Waals surface area contributed by atoms with E-state index in [2.05, 4.69) is 11.9 Å². The van der Waals surface area contributed by atoms with E-state index in [9.17, 15) is 4.39 Å². The van der Waals surface area contributed by atoms with Crippen molar-refractivity contribution in [2.45, 2.75) is 45.6 Å². The molecular formula is C16H25FN2. The standard InChI is InChI=1S/C16H25FN2/c1-11-8-16(14(12(2)18)9-15(11)17)19(3)10-13-6-4-5-7-13/h8-9,12-13H,4-7,10,18H2,1-3H3. The van der Waals surface area contributed by atoms with Gasteiger partial charge in [0.05, 0.1) is 0 Å². The summed E-state index contributed by atoms with van der Waals surface area (Å²) in [6, 6.07) is 3.39. The lowest BCUT2D eigenvalue weighted by molar-refractivity contribution is 0.545. The molecule has 1 aliphatic rings. The van der Waals surface area contributed by atoms with Gasteiger partial charge in [0.2, 0.25) is 0 Å². The minimum Gasteiger partial charge on any atom is -0.374 e. The zero-order valence-corrected chi connectivity index (χ0v) is 12.2. The average Bonchev–Trinajstić information content (AvgIpc) is 2.84. The fourth-order valence-corrected chi connectivity index (χ4v) is 3.06. The van der Waals surface area contributed by atoms with Crippen molar-refractivity contribution in [3.8, 4) is 0 Å². The van der Waals surface area contributed by atoms with E-state index in [0.717, 1.165) is 23.7 Å². The first-order valence-corrected chi connectivity index (χ1v) is 7.25. The van der Waals surface area contributed by atoms with Crippen LogP contribution in [-0.4, -0.2) is 13.6 Å². The Kier molecular flexibility index (Phi) is 4.46. The zero-order chi connectivity index (χ0) is 14.0. The molecule has 1 unspecified atom stereocenters. The smallest absolute Gasteiger partial charge is 0.126 e. The summed E-state index contributed by atoms with van der Waals surface area (Å²) >= 11 is 0. The van der Waals surface area contributed by atoms with Crippen molar-refractivity contribution in [2.75, 3.05) is 18.5 Å². The molecule has 0 amide bonds. The Morgan fingerprint density at radius 1 is 1.37 bits per heavy atom. The Labute approximate surface area is 115 Å². The van der Waals surface area contributed by atoms with E-state index in [-0.39, 0.29) is 11.9 Å². The van der Waals surface area contributed by atoms with Gasteiger partial charge in [-0.2, -0.15) is 0 Å². The van der Waals surface area contributed by atoms with Gasteiger partial charge in [0.15, 0.2) is 0 Å². The average molecular weight is 264 g/mol. The molecule has 1 aliphatic carbocycles. The lowest BCUT2D eigenvalue weighted by Crippen LogP contribution is -2.26. The third-order valence-corrected chi connectivity index (χ3v) is 4.22. The van der Waals surface area contributed by atoms with Gasteiger partial charge in [0.1, 0.15) is 5.82 Å². The highest BCUT2D eigenvalue weighted by molar-refractivity contribution is 5.56. The summed E-state index contributed by atoms with van der Waals surface area (Å²) in [5.41, 5.74) is 8.67. The third kappa shape index (κ3) is 3.27. The molecule has 0 aromatic heterocycles. The number of hydrogen-bond acceptors (Lipinski definition) is 2. The molecule has 0 heterocycles. The van der Waals surface area contributed by atoms with Gasteiger partial charge >= 0.3 is 0 Å². The highest BCUT2D eigenvalue weighted by Gasteiger charge is 2.20. The highest BCUT2D eigenvalue weighted by atomic mass is 19.1. The van der Waals surface area contributed by atoms with Gasteiger partial charge in [-0.1, -0.05) is 12.8 Å². The number of nitrogens with zero attached hydrogens (tertiary/aromatic N) is 1. The summed E-state index contributed by atoms with van der Waals surface area (Å²) in [7, 11) is 2.09. The van der Waals surface area contributed by atoms with E-state index in [1.54, 1.807) is 6.07 Å². The Morgan fingerprint density at radius 3 is 2.58 bits per heavy atom. The first-order valence-electron chi connectivity index (χ1n) is 7.25. The molecule has 0 radical (unpaired) electrons. The number of rotatable bonds is 4. The molecule has 106 valence electrons. The molecule has 1 saturated carbocycles. The zero-order valence-electron chi connectivity index (χ0n) is 12.2. The number of halogens is 1. The van der Waals surface area contributed by atoms with Crippen LogP contribution in [0.15, 0.2) is 12.1 Å². The van der Waals surface area contributed by atoms with Crippen molar-refractivity contribution < 1.29 is 4.39 Å². The first kappa shape index (κ1) is 14.3. The molecule has 2 N–H and O–H groups in total. The van der Waals surface area contributed by atoms with Crippen LogP contribution in [0.25, 0.3) is 0 Å². The molecule has 1 atom stereocenters. The quantitative estimate of drug-likeness (QED) is 0.896. The van der Waals surface area contributed by atoms with Gasteiger partial charge in [-0.15, -0.1) is 0 Å². The molecular weight excluding hydrogens is 239 g/mol. The largest absolute Gasteiger partial charge is 0.374 e. The second kappa shape index (κ2) is 5.91. The van der Waals surface area contributed by atoms with Crippen molar-refractivity contribution >= 4 is 5.69 Å². The molecule has 0 saturated heterocycles. The van der Waals surface area contributed by atoms with Crippen LogP contribution in [0.3, 0.4) is 0 Å². The summed E-state index contributed by atoms with van der Waals surface area (Å²) in [6.45, 7) is 4.77. The van der Waals surface area contributed by atoms with E-state index in [1.165, 1.54) is 25.7 Å². The Balaban J connectivity index is 2.23. The molecule has 1 aromatic carbocycles. The number of aryl methyl sites for hydroxylation is 1. The maximum absolute atomic E-state index is 13.7. The van der Waals surface area contributed by atoms with Crippen LogP contribution in [0, 0.1) is 18.7 Å². The van der Waals surface area contributed by atoms with E-state index in [1.807, 2.05) is 19.9 Å². The molecule has 0 aliphatic heterocycles. The van der Waals surface area contributed by atoms with Crippen molar-refractivity contribution in [3.63, 3.8) is 0 Å². The summed E-state index contributed by atoms with van der Waals surface area (Å²) in [5.74, 6) is 0.613. The number of anilines is 1. The van der Waals surface area contributed by atoms with Crippen LogP contribution in [0.4, 0.5) is 10.1 Å². The molecule has 1 fully saturated rings. The van der Waals surface area contributed by atoms with Gasteiger partial charge in [-0.25, -0.2) is 4.39 Å². The number of benzene rings is 1. The SMILES string of the molecule is Cc1cc(N(C)CC2CCCC2)c(C(C)N)cc1F. The topological polar surface area (TPSA) is 29.3 Å². The summed E-state index contributed by atoms with van der Waals surface area (Å²) in [4.78, 5) is 2.25. The van der Waals surface area contributed by atoms with E-state index in [0.29, 0.717) is 5.56 Å². The predicted octanol–water partition coefficient (Wildman–Crippen LogP) is 3.78. The third-order valence-electron chi connectivity index (χ3n) is 4.22.